The van der Waals surface area contributed by atoms with E-state index in [0.29, 0.717) is 6.04 Å². The normalized spacial score (nSPS) is 21.3. The van der Waals surface area contributed by atoms with E-state index >= 15 is 0 Å². The molecule has 142 valence electrons. The summed E-state index contributed by atoms with van der Waals surface area (Å²) in [6.07, 6.45) is 5.01. The topological polar surface area (TPSA) is 27.6 Å². The third-order valence-corrected chi connectivity index (χ3v) is 5.65. The average Bonchev–Trinajstić information content (AvgIpc) is 3.16. The van der Waals surface area contributed by atoms with Gasteiger partial charge < -0.3 is 5.32 Å². The highest BCUT2D eigenvalue weighted by atomic mass is 19.1. The first-order valence-electron chi connectivity index (χ1n) is 10.0. The molecule has 3 nitrogen and oxygen atoms in total. The van der Waals surface area contributed by atoms with Crippen LogP contribution in [0.25, 0.3) is 0 Å². The van der Waals surface area contributed by atoms with E-state index in [9.17, 15) is 4.39 Å². The fourth-order valence-corrected chi connectivity index (χ4v) is 4.32. The number of nitrogens with zero attached hydrogens (tertiary/aromatic N) is 2. The molecule has 2 aromatic rings. The third-order valence-electron chi connectivity index (χ3n) is 5.65. The Balaban J connectivity index is 1.62. The van der Waals surface area contributed by atoms with Crippen LogP contribution in [0.1, 0.15) is 48.4 Å². The molecule has 27 heavy (non-hydrogen) atoms. The maximum absolute atomic E-state index is 13.5. The lowest BCUT2D eigenvalue weighted by molar-refractivity contribution is 0.225. The Morgan fingerprint density at radius 2 is 1.89 bits per heavy atom. The lowest BCUT2D eigenvalue weighted by Crippen LogP contribution is -2.47. The van der Waals surface area contributed by atoms with Crippen LogP contribution in [0.2, 0.25) is 0 Å². The molecule has 1 fully saturated rings. The second-order valence-electron chi connectivity index (χ2n) is 7.81. The lowest BCUT2D eigenvalue weighted by atomic mass is 10.00. The van der Waals surface area contributed by atoms with E-state index in [4.69, 9.17) is 4.99 Å². The SMILES string of the molecule is Cc1cccc(CN2CCN=C(NC3CCCC3)C2c2ccc(F)cc2)c1. The average molecular weight is 365 g/mol. The molecule has 1 aliphatic carbocycles. The van der Waals surface area contributed by atoms with Crippen LogP contribution in [0.3, 0.4) is 0 Å². The zero-order valence-corrected chi connectivity index (χ0v) is 16.0. The van der Waals surface area contributed by atoms with E-state index in [2.05, 4.69) is 41.4 Å². The number of amidine groups is 1. The van der Waals surface area contributed by atoms with Crippen LogP contribution in [0.15, 0.2) is 53.5 Å². The molecule has 2 aromatic carbocycles. The van der Waals surface area contributed by atoms with Crippen molar-refractivity contribution in [3.8, 4) is 0 Å². The molecule has 1 N–H and O–H groups in total. The molecule has 1 unspecified atom stereocenters. The Hall–Kier alpha value is -2.20. The highest BCUT2D eigenvalue weighted by Crippen LogP contribution is 2.28. The first-order valence-corrected chi connectivity index (χ1v) is 10.0. The van der Waals surface area contributed by atoms with Gasteiger partial charge in [0.1, 0.15) is 11.7 Å². The van der Waals surface area contributed by atoms with Crippen LogP contribution in [0, 0.1) is 12.7 Å². The van der Waals surface area contributed by atoms with Crippen LogP contribution < -0.4 is 5.32 Å². The molecule has 0 bridgehead atoms. The van der Waals surface area contributed by atoms with E-state index in [-0.39, 0.29) is 11.9 Å². The minimum atomic E-state index is -0.193. The highest BCUT2D eigenvalue weighted by Gasteiger charge is 2.30. The van der Waals surface area contributed by atoms with Crippen molar-refractivity contribution >= 4 is 5.84 Å². The molecule has 0 spiro atoms. The zero-order chi connectivity index (χ0) is 18.6. The summed E-state index contributed by atoms with van der Waals surface area (Å²) in [5, 5.41) is 3.72. The molecular weight excluding hydrogens is 337 g/mol. The minimum absolute atomic E-state index is 0.0560. The predicted molar refractivity (Wildman–Crippen MR) is 108 cm³/mol. The Morgan fingerprint density at radius 1 is 1.11 bits per heavy atom. The summed E-state index contributed by atoms with van der Waals surface area (Å²) < 4.78 is 13.5. The molecule has 0 radical (unpaired) electrons. The van der Waals surface area contributed by atoms with Crippen molar-refractivity contribution in [1.29, 1.82) is 0 Å². The van der Waals surface area contributed by atoms with Gasteiger partial charge in [-0.3, -0.25) is 9.89 Å². The summed E-state index contributed by atoms with van der Waals surface area (Å²) in [5.41, 5.74) is 3.69. The molecule has 0 amide bonds. The van der Waals surface area contributed by atoms with Gasteiger partial charge in [0.05, 0.1) is 12.6 Å². The quantitative estimate of drug-likeness (QED) is 0.856. The van der Waals surface area contributed by atoms with E-state index in [1.807, 2.05) is 12.1 Å². The molecule has 1 aliphatic heterocycles. The third kappa shape index (κ3) is 4.38. The van der Waals surface area contributed by atoms with Gasteiger partial charge in [-0.2, -0.15) is 0 Å². The Labute approximate surface area is 161 Å². The fourth-order valence-electron chi connectivity index (χ4n) is 4.32. The summed E-state index contributed by atoms with van der Waals surface area (Å²) >= 11 is 0. The zero-order valence-electron chi connectivity index (χ0n) is 16.0. The first-order chi connectivity index (χ1) is 13.2. The van der Waals surface area contributed by atoms with E-state index in [1.165, 1.54) is 36.8 Å². The molecule has 1 heterocycles. The lowest BCUT2D eigenvalue weighted by Gasteiger charge is -2.37. The molecule has 0 aromatic heterocycles. The van der Waals surface area contributed by atoms with Crippen molar-refractivity contribution in [2.24, 2.45) is 4.99 Å². The second-order valence-corrected chi connectivity index (χ2v) is 7.81. The van der Waals surface area contributed by atoms with E-state index in [0.717, 1.165) is 31.0 Å². The molecule has 0 saturated heterocycles. The van der Waals surface area contributed by atoms with Gasteiger partial charge >= 0.3 is 0 Å². The number of halogens is 1. The van der Waals surface area contributed by atoms with Crippen molar-refractivity contribution in [3.05, 3.63) is 71.0 Å². The number of nitrogens with one attached hydrogen (secondary N) is 1. The van der Waals surface area contributed by atoms with Crippen LogP contribution in [0.4, 0.5) is 4.39 Å². The molecular formula is C23H28FN3. The Kier molecular flexibility index (Phi) is 5.53. The summed E-state index contributed by atoms with van der Waals surface area (Å²) in [5.74, 6) is 0.856. The standard InChI is InChI=1S/C23H28FN3/c1-17-5-4-6-18(15-17)16-27-14-13-25-23(26-21-7-2-3-8-21)22(27)19-9-11-20(24)12-10-19/h4-6,9-12,15,21-22H,2-3,7-8,13-14,16H2,1H3,(H,25,26). The highest BCUT2D eigenvalue weighted by molar-refractivity contribution is 5.89. The van der Waals surface area contributed by atoms with Gasteiger partial charge in [-0.25, -0.2) is 4.39 Å². The Morgan fingerprint density at radius 3 is 2.63 bits per heavy atom. The summed E-state index contributed by atoms with van der Waals surface area (Å²) in [7, 11) is 0. The fraction of sp³-hybridized carbons (Fsp3) is 0.435. The van der Waals surface area contributed by atoms with Crippen molar-refractivity contribution in [2.45, 2.75) is 51.2 Å². The van der Waals surface area contributed by atoms with Crippen LogP contribution in [0.5, 0.6) is 0 Å². The van der Waals surface area contributed by atoms with Crippen LogP contribution in [-0.2, 0) is 6.54 Å². The van der Waals surface area contributed by atoms with Gasteiger partial charge in [0.15, 0.2) is 0 Å². The van der Waals surface area contributed by atoms with Gasteiger partial charge in [0.2, 0.25) is 0 Å². The van der Waals surface area contributed by atoms with Crippen molar-refractivity contribution in [2.75, 3.05) is 13.1 Å². The largest absolute Gasteiger partial charge is 0.369 e. The number of benzene rings is 2. The van der Waals surface area contributed by atoms with Crippen LogP contribution in [-0.4, -0.2) is 29.9 Å². The number of rotatable bonds is 4. The maximum atomic E-state index is 13.5. The first kappa shape index (κ1) is 18.2. The summed E-state index contributed by atoms with van der Waals surface area (Å²) in [4.78, 5) is 7.32. The monoisotopic (exact) mass is 365 g/mol. The number of aliphatic imine (C=N–C) groups is 1. The number of aryl methyl sites for hydroxylation is 1. The molecule has 1 saturated carbocycles. The molecule has 4 rings (SSSR count). The van der Waals surface area contributed by atoms with Gasteiger partial charge in [-0.15, -0.1) is 0 Å². The summed E-state index contributed by atoms with van der Waals surface area (Å²) in [6.45, 7) is 4.71. The van der Waals surface area contributed by atoms with Gasteiger partial charge in [0.25, 0.3) is 0 Å². The molecule has 2 aliphatic rings. The molecule has 1 atom stereocenters. The minimum Gasteiger partial charge on any atom is -0.369 e. The van der Waals surface area contributed by atoms with Crippen molar-refractivity contribution in [1.82, 2.24) is 10.2 Å². The van der Waals surface area contributed by atoms with Crippen LogP contribution >= 0.6 is 0 Å². The smallest absolute Gasteiger partial charge is 0.123 e. The van der Waals surface area contributed by atoms with E-state index in [1.54, 1.807) is 12.1 Å². The Bertz CT molecular complexity index is 794. The van der Waals surface area contributed by atoms with Crippen molar-refractivity contribution in [3.63, 3.8) is 0 Å². The summed E-state index contributed by atoms with van der Waals surface area (Å²) in [6, 6.07) is 16.2. The predicted octanol–water partition coefficient (Wildman–Crippen LogP) is 4.62. The van der Waals surface area contributed by atoms with E-state index < -0.39 is 0 Å². The maximum Gasteiger partial charge on any atom is 0.123 e. The number of hydrogen-bond acceptors (Lipinski definition) is 3. The van der Waals surface area contributed by atoms with Crippen molar-refractivity contribution < 1.29 is 4.39 Å². The van der Waals surface area contributed by atoms with Gasteiger partial charge in [-0.05, 0) is 43.0 Å². The second kappa shape index (κ2) is 8.22. The van der Waals surface area contributed by atoms with Gasteiger partial charge in [0, 0.05) is 19.1 Å². The molecule has 4 heteroatoms. The van der Waals surface area contributed by atoms with Gasteiger partial charge in [-0.1, -0.05) is 54.8 Å². The number of hydrogen-bond donors (Lipinski definition) is 1.